The van der Waals surface area contributed by atoms with E-state index in [-0.39, 0.29) is 24.9 Å². The van der Waals surface area contributed by atoms with Gasteiger partial charge in [0.2, 0.25) is 0 Å². The number of benzene rings is 2. The number of ether oxygens (including phenoxy) is 1. The molecule has 0 radical (unpaired) electrons. The third-order valence-corrected chi connectivity index (χ3v) is 4.82. The summed E-state index contributed by atoms with van der Waals surface area (Å²) in [4.78, 5) is 26.6. The molecule has 1 N–H and O–H groups in total. The van der Waals surface area contributed by atoms with Gasteiger partial charge in [-0.15, -0.1) is 0 Å². The Hall–Kier alpha value is -2.89. The third-order valence-electron chi connectivity index (χ3n) is 4.82. The Kier molecular flexibility index (Phi) is 5.17. The van der Waals surface area contributed by atoms with E-state index < -0.39 is 11.6 Å². The Morgan fingerprint density at radius 2 is 1.70 bits per heavy atom. The fourth-order valence-electron chi connectivity index (χ4n) is 3.47. The van der Waals surface area contributed by atoms with Crippen LogP contribution in [0.25, 0.3) is 0 Å². The molecule has 1 saturated heterocycles. The van der Waals surface area contributed by atoms with Crippen LogP contribution in [0.1, 0.15) is 30.0 Å². The fourth-order valence-corrected chi connectivity index (χ4v) is 3.47. The zero-order valence-corrected chi connectivity index (χ0v) is 15.7. The van der Waals surface area contributed by atoms with E-state index in [0.29, 0.717) is 17.7 Å². The predicted molar refractivity (Wildman–Crippen MR) is 100 cm³/mol. The standard InChI is InChI=1S/C21H23FN2O3/c1-4-21(16-5-7-17(22)8-6-16)19(25)24(20(26)23-21)9-10-27-18-12-14(2)11-15(3)13-18/h5-8,11-13H,4,9-10H2,1-3H3,(H,23,26)/t21-/m0/s1. The molecule has 142 valence electrons. The number of nitrogens with one attached hydrogen (secondary N) is 1. The number of carbonyl (C=O) groups is 2. The zero-order valence-electron chi connectivity index (χ0n) is 15.7. The Morgan fingerprint density at radius 3 is 2.30 bits per heavy atom. The van der Waals surface area contributed by atoms with E-state index >= 15 is 0 Å². The van der Waals surface area contributed by atoms with Crippen molar-refractivity contribution in [2.75, 3.05) is 13.2 Å². The SMILES string of the molecule is CC[C@@]1(c2ccc(F)cc2)NC(=O)N(CCOc2cc(C)cc(C)c2)C1=O. The minimum absolute atomic E-state index is 0.139. The van der Waals surface area contributed by atoms with Gasteiger partial charge in [0.05, 0.1) is 6.54 Å². The van der Waals surface area contributed by atoms with Crippen LogP contribution in [-0.4, -0.2) is 30.0 Å². The van der Waals surface area contributed by atoms with Crippen molar-refractivity contribution in [2.24, 2.45) is 0 Å². The molecule has 2 aromatic rings. The molecular weight excluding hydrogens is 347 g/mol. The molecule has 1 atom stereocenters. The molecule has 3 amide bonds. The van der Waals surface area contributed by atoms with Gasteiger partial charge in [0, 0.05) is 0 Å². The summed E-state index contributed by atoms with van der Waals surface area (Å²) in [6, 6.07) is 11.1. The van der Waals surface area contributed by atoms with Crippen molar-refractivity contribution in [2.45, 2.75) is 32.7 Å². The molecule has 1 fully saturated rings. The Labute approximate surface area is 158 Å². The molecule has 5 nitrogen and oxygen atoms in total. The van der Waals surface area contributed by atoms with Crippen LogP contribution < -0.4 is 10.1 Å². The first-order chi connectivity index (χ1) is 12.9. The van der Waals surface area contributed by atoms with Crippen molar-refractivity contribution in [3.63, 3.8) is 0 Å². The number of urea groups is 1. The molecular formula is C21H23FN2O3. The lowest BCUT2D eigenvalue weighted by molar-refractivity contribution is -0.132. The van der Waals surface area contributed by atoms with Crippen LogP contribution in [0, 0.1) is 19.7 Å². The number of hydrogen-bond donors (Lipinski definition) is 1. The Morgan fingerprint density at radius 1 is 1.07 bits per heavy atom. The molecule has 3 rings (SSSR count). The summed E-state index contributed by atoms with van der Waals surface area (Å²) in [5, 5.41) is 2.78. The van der Waals surface area contributed by atoms with Crippen LogP contribution in [0.4, 0.5) is 9.18 Å². The van der Waals surface area contributed by atoms with Gasteiger partial charge in [-0.05, 0) is 61.2 Å². The second-order valence-electron chi connectivity index (χ2n) is 6.82. The van der Waals surface area contributed by atoms with E-state index in [4.69, 9.17) is 4.74 Å². The van der Waals surface area contributed by atoms with Crippen LogP contribution in [0.15, 0.2) is 42.5 Å². The average Bonchev–Trinajstić information content (AvgIpc) is 2.86. The number of rotatable bonds is 6. The third kappa shape index (κ3) is 3.65. The van der Waals surface area contributed by atoms with E-state index in [1.807, 2.05) is 39.0 Å². The highest BCUT2D eigenvalue weighted by molar-refractivity contribution is 6.07. The molecule has 0 bridgehead atoms. The summed E-state index contributed by atoms with van der Waals surface area (Å²) in [7, 11) is 0. The first-order valence-electron chi connectivity index (χ1n) is 8.97. The van der Waals surface area contributed by atoms with E-state index in [1.54, 1.807) is 0 Å². The van der Waals surface area contributed by atoms with Gasteiger partial charge in [-0.1, -0.05) is 25.1 Å². The van der Waals surface area contributed by atoms with Crippen molar-refractivity contribution in [3.8, 4) is 5.75 Å². The van der Waals surface area contributed by atoms with E-state index in [2.05, 4.69) is 5.32 Å². The molecule has 0 saturated carbocycles. The van der Waals surface area contributed by atoms with Crippen LogP contribution in [0.2, 0.25) is 0 Å². The van der Waals surface area contributed by atoms with E-state index in [1.165, 1.54) is 24.3 Å². The monoisotopic (exact) mass is 370 g/mol. The van der Waals surface area contributed by atoms with Crippen LogP contribution in [-0.2, 0) is 10.3 Å². The molecule has 0 unspecified atom stereocenters. The van der Waals surface area contributed by atoms with Gasteiger partial charge < -0.3 is 10.1 Å². The zero-order chi connectivity index (χ0) is 19.6. The normalized spacial score (nSPS) is 19.3. The number of hydrogen-bond acceptors (Lipinski definition) is 3. The molecule has 1 aliphatic rings. The smallest absolute Gasteiger partial charge is 0.325 e. The van der Waals surface area contributed by atoms with Crippen molar-refractivity contribution in [1.82, 2.24) is 10.2 Å². The Balaban J connectivity index is 1.72. The van der Waals surface area contributed by atoms with E-state index in [0.717, 1.165) is 16.0 Å². The molecule has 1 heterocycles. The summed E-state index contributed by atoms with van der Waals surface area (Å²) < 4.78 is 19.0. The first-order valence-corrected chi connectivity index (χ1v) is 8.97. The number of imide groups is 1. The minimum atomic E-state index is -1.16. The van der Waals surface area contributed by atoms with Crippen LogP contribution >= 0.6 is 0 Å². The summed E-state index contributed by atoms with van der Waals surface area (Å²) in [6.45, 7) is 6.12. The molecule has 0 aromatic heterocycles. The van der Waals surface area contributed by atoms with Crippen molar-refractivity contribution < 1.29 is 18.7 Å². The Bertz CT molecular complexity index is 846. The number of carbonyl (C=O) groups excluding carboxylic acids is 2. The quantitative estimate of drug-likeness (QED) is 0.789. The van der Waals surface area contributed by atoms with Crippen molar-refractivity contribution in [3.05, 3.63) is 65.0 Å². The molecule has 2 aromatic carbocycles. The van der Waals surface area contributed by atoms with Crippen LogP contribution in [0.3, 0.4) is 0 Å². The van der Waals surface area contributed by atoms with Crippen molar-refractivity contribution >= 4 is 11.9 Å². The predicted octanol–water partition coefficient (Wildman–Crippen LogP) is 3.68. The average molecular weight is 370 g/mol. The number of nitrogens with zero attached hydrogens (tertiary/aromatic N) is 1. The van der Waals surface area contributed by atoms with Gasteiger partial charge in [-0.3, -0.25) is 9.69 Å². The molecule has 6 heteroatoms. The largest absolute Gasteiger partial charge is 0.492 e. The minimum Gasteiger partial charge on any atom is -0.492 e. The maximum atomic E-state index is 13.2. The van der Waals surface area contributed by atoms with Gasteiger partial charge in [-0.2, -0.15) is 0 Å². The van der Waals surface area contributed by atoms with Gasteiger partial charge in [0.1, 0.15) is 23.7 Å². The lowest BCUT2D eigenvalue weighted by Gasteiger charge is -2.25. The lowest BCUT2D eigenvalue weighted by Crippen LogP contribution is -2.43. The molecule has 1 aliphatic heterocycles. The highest BCUT2D eigenvalue weighted by Crippen LogP contribution is 2.32. The highest BCUT2D eigenvalue weighted by atomic mass is 19.1. The summed E-state index contributed by atoms with van der Waals surface area (Å²) in [5.41, 5.74) is 1.58. The fraction of sp³-hybridized carbons (Fsp3) is 0.333. The number of amides is 3. The second kappa shape index (κ2) is 7.39. The summed E-state index contributed by atoms with van der Waals surface area (Å²) in [6.07, 6.45) is 0.373. The molecule has 0 spiro atoms. The van der Waals surface area contributed by atoms with Gasteiger partial charge in [0.15, 0.2) is 0 Å². The van der Waals surface area contributed by atoms with Gasteiger partial charge >= 0.3 is 6.03 Å². The number of aryl methyl sites for hydroxylation is 2. The van der Waals surface area contributed by atoms with Gasteiger partial charge in [0.25, 0.3) is 5.91 Å². The lowest BCUT2D eigenvalue weighted by atomic mass is 9.87. The summed E-state index contributed by atoms with van der Waals surface area (Å²) >= 11 is 0. The number of halogens is 1. The van der Waals surface area contributed by atoms with Crippen molar-refractivity contribution in [1.29, 1.82) is 0 Å². The molecule has 0 aliphatic carbocycles. The highest BCUT2D eigenvalue weighted by Gasteiger charge is 2.51. The van der Waals surface area contributed by atoms with E-state index in [9.17, 15) is 14.0 Å². The maximum absolute atomic E-state index is 13.2. The summed E-state index contributed by atoms with van der Waals surface area (Å²) in [5.74, 6) is -0.0223. The first kappa shape index (κ1) is 18.9. The van der Waals surface area contributed by atoms with Gasteiger partial charge in [-0.25, -0.2) is 9.18 Å². The topological polar surface area (TPSA) is 58.6 Å². The maximum Gasteiger partial charge on any atom is 0.325 e. The second-order valence-corrected chi connectivity index (χ2v) is 6.82. The molecule has 27 heavy (non-hydrogen) atoms. The van der Waals surface area contributed by atoms with Crippen LogP contribution in [0.5, 0.6) is 5.75 Å².